The van der Waals surface area contributed by atoms with E-state index in [0.717, 1.165) is 31.2 Å². The highest BCUT2D eigenvalue weighted by atomic mass is 19.1. The largest absolute Gasteiger partial charge is 0.351 e. The second kappa shape index (κ2) is 11.3. The number of carbonyl (C=O) groups excluding carboxylic acids is 3. The van der Waals surface area contributed by atoms with Gasteiger partial charge in [-0.3, -0.25) is 14.4 Å². The molecule has 6 nitrogen and oxygen atoms in total. The number of hydrogen-bond donors (Lipinski definition) is 2. The molecule has 2 N–H and O–H groups in total. The highest BCUT2D eigenvalue weighted by Crippen LogP contribution is 2.23. The molecular weight excluding hydrogens is 433 g/mol. The molecule has 0 radical (unpaired) electrons. The summed E-state index contributed by atoms with van der Waals surface area (Å²) in [7, 11) is 0. The van der Waals surface area contributed by atoms with E-state index in [1.165, 1.54) is 24.3 Å². The Kier molecular flexibility index (Phi) is 7.93. The lowest BCUT2D eigenvalue weighted by molar-refractivity contribution is -0.135. The number of nitrogens with one attached hydrogen (secondary N) is 2. The van der Waals surface area contributed by atoms with Gasteiger partial charge in [-0.05, 0) is 55.5 Å². The van der Waals surface area contributed by atoms with Gasteiger partial charge >= 0.3 is 0 Å². The third-order valence-corrected chi connectivity index (χ3v) is 6.93. The Morgan fingerprint density at radius 3 is 2.09 bits per heavy atom. The molecule has 1 aliphatic carbocycles. The number of halogens is 1. The van der Waals surface area contributed by atoms with E-state index in [-0.39, 0.29) is 41.5 Å². The van der Waals surface area contributed by atoms with E-state index in [4.69, 9.17) is 0 Å². The molecule has 2 atom stereocenters. The Morgan fingerprint density at radius 1 is 0.824 bits per heavy atom. The van der Waals surface area contributed by atoms with Gasteiger partial charge in [0.1, 0.15) is 5.82 Å². The van der Waals surface area contributed by atoms with E-state index in [0.29, 0.717) is 37.9 Å². The van der Waals surface area contributed by atoms with Crippen molar-refractivity contribution in [3.63, 3.8) is 0 Å². The smallest absolute Gasteiger partial charge is 0.251 e. The van der Waals surface area contributed by atoms with Crippen molar-refractivity contribution < 1.29 is 18.8 Å². The van der Waals surface area contributed by atoms with Crippen molar-refractivity contribution >= 4 is 17.7 Å². The number of likely N-dealkylation sites (tertiary alicyclic amines) is 1. The van der Waals surface area contributed by atoms with Gasteiger partial charge in [-0.1, -0.05) is 43.2 Å². The first-order chi connectivity index (χ1) is 16.5. The summed E-state index contributed by atoms with van der Waals surface area (Å²) < 4.78 is 13.2. The zero-order valence-electron chi connectivity index (χ0n) is 19.3. The maximum atomic E-state index is 13.2. The predicted molar refractivity (Wildman–Crippen MR) is 128 cm³/mol. The second-order valence-corrected chi connectivity index (χ2v) is 9.30. The van der Waals surface area contributed by atoms with E-state index in [1.54, 1.807) is 0 Å². The van der Waals surface area contributed by atoms with E-state index in [9.17, 15) is 18.8 Å². The van der Waals surface area contributed by atoms with Gasteiger partial charge in [0.05, 0.1) is 6.42 Å². The lowest BCUT2D eigenvalue weighted by atomic mass is 9.88. The van der Waals surface area contributed by atoms with Crippen LogP contribution in [0.4, 0.5) is 4.39 Å². The van der Waals surface area contributed by atoms with Crippen molar-refractivity contribution in [1.29, 1.82) is 0 Å². The van der Waals surface area contributed by atoms with Crippen LogP contribution in [0.1, 0.15) is 54.4 Å². The Bertz CT molecular complexity index is 988. The van der Waals surface area contributed by atoms with Crippen LogP contribution in [-0.2, 0) is 16.0 Å². The van der Waals surface area contributed by atoms with Gasteiger partial charge in [0.25, 0.3) is 5.91 Å². The zero-order chi connectivity index (χ0) is 23.9. The van der Waals surface area contributed by atoms with Gasteiger partial charge in [-0.15, -0.1) is 0 Å². The third kappa shape index (κ3) is 6.22. The quantitative estimate of drug-likeness (QED) is 0.686. The molecule has 34 heavy (non-hydrogen) atoms. The number of rotatable bonds is 6. The van der Waals surface area contributed by atoms with Crippen molar-refractivity contribution in [3.8, 4) is 0 Å². The number of benzene rings is 2. The lowest BCUT2D eigenvalue weighted by Crippen LogP contribution is -2.55. The van der Waals surface area contributed by atoms with E-state index >= 15 is 0 Å². The average Bonchev–Trinajstić information content (AvgIpc) is 2.86. The van der Waals surface area contributed by atoms with Gasteiger partial charge in [0.15, 0.2) is 0 Å². The summed E-state index contributed by atoms with van der Waals surface area (Å²) in [6.07, 6.45) is 5.27. The van der Waals surface area contributed by atoms with Gasteiger partial charge in [0.2, 0.25) is 11.8 Å². The predicted octanol–water partition coefficient (Wildman–Crippen LogP) is 3.46. The van der Waals surface area contributed by atoms with Gasteiger partial charge < -0.3 is 15.5 Å². The van der Waals surface area contributed by atoms with Crippen LogP contribution < -0.4 is 10.6 Å². The van der Waals surface area contributed by atoms with Gasteiger partial charge in [0, 0.05) is 36.7 Å². The summed E-state index contributed by atoms with van der Waals surface area (Å²) in [6.45, 7) is 1.16. The molecule has 1 aliphatic heterocycles. The Hall–Kier alpha value is -3.22. The first-order valence-corrected chi connectivity index (χ1v) is 12.2. The summed E-state index contributed by atoms with van der Waals surface area (Å²) >= 11 is 0. The van der Waals surface area contributed by atoms with E-state index in [2.05, 4.69) is 10.6 Å². The Balaban J connectivity index is 1.27. The highest BCUT2D eigenvalue weighted by molar-refractivity contribution is 5.94. The molecule has 1 unspecified atom stereocenters. The van der Waals surface area contributed by atoms with Gasteiger partial charge in [-0.2, -0.15) is 0 Å². The van der Waals surface area contributed by atoms with Crippen LogP contribution in [-0.4, -0.2) is 47.8 Å². The average molecular weight is 466 g/mol. The Morgan fingerprint density at radius 2 is 1.44 bits per heavy atom. The van der Waals surface area contributed by atoms with Crippen LogP contribution in [0, 0.1) is 11.7 Å². The number of amides is 3. The van der Waals surface area contributed by atoms with Gasteiger partial charge in [-0.25, -0.2) is 4.39 Å². The first-order valence-electron chi connectivity index (χ1n) is 12.2. The SMILES string of the molecule is O=C(N[C@@H]1CCCCC1NC(=O)C1CCN(C(=O)Cc2ccccc2)CC1)c1ccc(F)cc1. The molecule has 4 rings (SSSR count). The van der Waals surface area contributed by atoms with Crippen molar-refractivity contribution in [2.75, 3.05) is 13.1 Å². The molecule has 3 amide bonds. The fourth-order valence-electron chi connectivity index (χ4n) is 4.90. The van der Waals surface area contributed by atoms with Crippen LogP contribution in [0.15, 0.2) is 54.6 Å². The topological polar surface area (TPSA) is 78.5 Å². The summed E-state index contributed by atoms with van der Waals surface area (Å²) in [4.78, 5) is 40.1. The van der Waals surface area contributed by atoms with Crippen LogP contribution in [0.2, 0.25) is 0 Å². The summed E-state index contributed by atoms with van der Waals surface area (Å²) in [6, 6.07) is 14.9. The lowest BCUT2D eigenvalue weighted by Gasteiger charge is -2.36. The molecule has 7 heteroatoms. The van der Waals surface area contributed by atoms with Crippen LogP contribution in [0.25, 0.3) is 0 Å². The summed E-state index contributed by atoms with van der Waals surface area (Å²) in [5.74, 6) is -0.663. The minimum Gasteiger partial charge on any atom is -0.351 e. The molecule has 0 bridgehead atoms. The van der Waals surface area contributed by atoms with Crippen molar-refractivity contribution in [1.82, 2.24) is 15.5 Å². The molecule has 2 aromatic rings. The van der Waals surface area contributed by atoms with Crippen LogP contribution in [0.5, 0.6) is 0 Å². The molecule has 1 saturated carbocycles. The standard InChI is InChI=1S/C27H32FN3O3/c28-22-12-10-20(11-13-22)26(33)29-23-8-4-5-9-24(23)30-27(34)21-14-16-31(17-15-21)25(32)18-19-6-2-1-3-7-19/h1-3,6-7,10-13,21,23-24H,4-5,8-9,14-18H2,(H,29,33)(H,30,34)/t23-,24?/m1/s1. The normalized spacial score (nSPS) is 21.0. The minimum atomic E-state index is -0.382. The van der Waals surface area contributed by atoms with E-state index < -0.39 is 0 Å². The van der Waals surface area contributed by atoms with Crippen molar-refractivity contribution in [3.05, 3.63) is 71.5 Å². The maximum Gasteiger partial charge on any atom is 0.251 e. The number of nitrogens with zero attached hydrogens (tertiary/aromatic N) is 1. The summed E-state index contributed by atoms with van der Waals surface area (Å²) in [5, 5.41) is 6.20. The van der Waals surface area contributed by atoms with Crippen LogP contribution >= 0.6 is 0 Å². The molecule has 1 heterocycles. The van der Waals surface area contributed by atoms with Crippen molar-refractivity contribution in [2.45, 2.75) is 57.0 Å². The maximum absolute atomic E-state index is 13.2. The first kappa shape index (κ1) is 23.9. The second-order valence-electron chi connectivity index (χ2n) is 9.30. The molecule has 2 fully saturated rings. The molecular formula is C27H32FN3O3. The zero-order valence-corrected chi connectivity index (χ0v) is 19.3. The minimum absolute atomic E-state index is 0.00286. The fourth-order valence-corrected chi connectivity index (χ4v) is 4.90. The molecule has 180 valence electrons. The highest BCUT2D eigenvalue weighted by Gasteiger charge is 2.32. The summed E-state index contributed by atoms with van der Waals surface area (Å²) in [5.41, 5.74) is 1.41. The van der Waals surface area contributed by atoms with Crippen LogP contribution in [0.3, 0.4) is 0 Å². The molecule has 2 aliphatic rings. The number of carbonyl (C=O) groups is 3. The number of hydrogen-bond acceptors (Lipinski definition) is 3. The fraction of sp³-hybridized carbons (Fsp3) is 0.444. The third-order valence-electron chi connectivity index (χ3n) is 6.93. The molecule has 0 spiro atoms. The Labute approximate surface area is 199 Å². The molecule has 1 saturated heterocycles. The monoisotopic (exact) mass is 465 g/mol. The molecule has 0 aromatic heterocycles. The number of piperidine rings is 1. The van der Waals surface area contributed by atoms with E-state index in [1.807, 2.05) is 35.2 Å². The van der Waals surface area contributed by atoms with Crippen molar-refractivity contribution in [2.24, 2.45) is 5.92 Å². The molecule has 2 aromatic carbocycles.